The summed E-state index contributed by atoms with van der Waals surface area (Å²) in [4.78, 5) is 12.5. The number of carbonyl (C=O) groups is 1. The van der Waals surface area contributed by atoms with Gasteiger partial charge in [0.1, 0.15) is 11.6 Å². The monoisotopic (exact) mass is 428 g/mol. The largest absolute Gasteiger partial charge is 0.497 e. The number of hydrogen-bond acceptors (Lipinski definition) is 4. The molecule has 3 aromatic rings. The van der Waals surface area contributed by atoms with Gasteiger partial charge in [-0.3, -0.25) is 9.10 Å². The van der Waals surface area contributed by atoms with Crippen LogP contribution in [-0.4, -0.2) is 28.5 Å². The van der Waals surface area contributed by atoms with Crippen LogP contribution in [0.5, 0.6) is 5.75 Å². The summed E-state index contributed by atoms with van der Waals surface area (Å²) in [5.41, 5.74) is 1.37. The van der Waals surface area contributed by atoms with Gasteiger partial charge in [-0.05, 0) is 60.2 Å². The van der Waals surface area contributed by atoms with Crippen LogP contribution in [0.25, 0.3) is 0 Å². The Morgan fingerprint density at radius 3 is 2.43 bits per heavy atom. The summed E-state index contributed by atoms with van der Waals surface area (Å²) < 4.78 is 45.2. The lowest BCUT2D eigenvalue weighted by Gasteiger charge is -2.19. The molecule has 0 aliphatic heterocycles. The first-order valence-electron chi connectivity index (χ1n) is 9.07. The lowest BCUT2D eigenvalue weighted by Crippen LogP contribution is -2.27. The molecule has 3 aromatic carbocycles. The van der Waals surface area contributed by atoms with Gasteiger partial charge in [-0.15, -0.1) is 0 Å². The summed E-state index contributed by atoms with van der Waals surface area (Å²) in [6.07, 6.45) is 0. The molecule has 6 nitrogen and oxygen atoms in total. The number of methoxy groups -OCH3 is 1. The number of halogens is 1. The lowest BCUT2D eigenvalue weighted by molar-refractivity contribution is 0.0950. The third-order valence-electron chi connectivity index (χ3n) is 4.53. The van der Waals surface area contributed by atoms with Crippen molar-refractivity contribution >= 4 is 21.6 Å². The second-order valence-electron chi connectivity index (χ2n) is 6.51. The van der Waals surface area contributed by atoms with Gasteiger partial charge in [0, 0.05) is 19.2 Å². The highest BCUT2D eigenvalue weighted by molar-refractivity contribution is 7.92. The Bertz CT molecular complexity index is 1150. The number of carbonyl (C=O) groups excluding carboxylic acids is 1. The summed E-state index contributed by atoms with van der Waals surface area (Å²) in [7, 11) is -0.987. The van der Waals surface area contributed by atoms with Gasteiger partial charge in [0.05, 0.1) is 17.7 Å². The number of sulfonamides is 1. The third kappa shape index (κ3) is 4.77. The second kappa shape index (κ2) is 8.96. The SMILES string of the molecule is COc1cccc(CNC(=O)c2cccc(S(=O)(=O)N(C)c3ccc(F)cc3)c2)c1. The maximum Gasteiger partial charge on any atom is 0.264 e. The van der Waals surface area contributed by atoms with E-state index in [0.29, 0.717) is 11.4 Å². The predicted octanol–water partition coefficient (Wildman–Crippen LogP) is 3.59. The third-order valence-corrected chi connectivity index (χ3v) is 6.31. The maximum atomic E-state index is 13.1. The molecule has 30 heavy (non-hydrogen) atoms. The van der Waals surface area contributed by atoms with Crippen LogP contribution >= 0.6 is 0 Å². The van der Waals surface area contributed by atoms with E-state index in [-0.39, 0.29) is 17.0 Å². The van der Waals surface area contributed by atoms with E-state index in [0.717, 1.165) is 9.87 Å². The zero-order chi connectivity index (χ0) is 21.7. The standard InChI is InChI=1S/C22H21FN2O4S/c1-25(19-11-9-18(23)10-12-19)30(27,28)21-8-4-6-17(14-21)22(26)24-15-16-5-3-7-20(13-16)29-2/h3-14H,15H2,1-2H3,(H,24,26). The Labute approximate surface area is 175 Å². The summed E-state index contributed by atoms with van der Waals surface area (Å²) in [5.74, 6) is -0.183. The Hall–Kier alpha value is -3.39. The van der Waals surface area contributed by atoms with E-state index in [1.165, 1.54) is 55.6 Å². The summed E-state index contributed by atoms with van der Waals surface area (Å²) in [6, 6.07) is 18.2. The molecule has 0 atom stereocenters. The van der Waals surface area contributed by atoms with Crippen molar-refractivity contribution in [2.24, 2.45) is 0 Å². The van der Waals surface area contributed by atoms with Crippen molar-refractivity contribution in [1.29, 1.82) is 0 Å². The predicted molar refractivity (Wildman–Crippen MR) is 113 cm³/mol. The van der Waals surface area contributed by atoms with Crippen molar-refractivity contribution in [3.8, 4) is 5.75 Å². The van der Waals surface area contributed by atoms with Crippen molar-refractivity contribution in [2.75, 3.05) is 18.5 Å². The van der Waals surface area contributed by atoms with E-state index in [4.69, 9.17) is 4.74 Å². The summed E-state index contributed by atoms with van der Waals surface area (Å²) in [6.45, 7) is 0.266. The highest BCUT2D eigenvalue weighted by Crippen LogP contribution is 2.23. The number of nitrogens with zero attached hydrogens (tertiary/aromatic N) is 1. The topological polar surface area (TPSA) is 75.7 Å². The van der Waals surface area contributed by atoms with Gasteiger partial charge in [-0.25, -0.2) is 12.8 Å². The summed E-state index contributed by atoms with van der Waals surface area (Å²) >= 11 is 0. The van der Waals surface area contributed by atoms with Gasteiger partial charge in [0.15, 0.2) is 0 Å². The Morgan fingerprint density at radius 2 is 1.73 bits per heavy atom. The highest BCUT2D eigenvalue weighted by atomic mass is 32.2. The molecule has 156 valence electrons. The molecule has 0 heterocycles. The number of nitrogens with one attached hydrogen (secondary N) is 1. The Balaban J connectivity index is 1.77. The van der Waals surface area contributed by atoms with Crippen molar-refractivity contribution in [1.82, 2.24) is 5.32 Å². The zero-order valence-electron chi connectivity index (χ0n) is 16.5. The molecule has 1 amide bonds. The average molecular weight is 428 g/mol. The lowest BCUT2D eigenvalue weighted by atomic mass is 10.2. The van der Waals surface area contributed by atoms with Crippen LogP contribution in [-0.2, 0) is 16.6 Å². The van der Waals surface area contributed by atoms with Crippen molar-refractivity contribution < 1.29 is 22.3 Å². The molecule has 0 unspecified atom stereocenters. The van der Waals surface area contributed by atoms with Gasteiger partial charge in [-0.2, -0.15) is 0 Å². The molecule has 0 aliphatic rings. The molecule has 0 fully saturated rings. The normalized spacial score (nSPS) is 11.0. The molecule has 0 aliphatic carbocycles. The number of ether oxygens (including phenoxy) is 1. The Morgan fingerprint density at radius 1 is 1.03 bits per heavy atom. The van der Waals surface area contributed by atoms with Gasteiger partial charge in [-0.1, -0.05) is 18.2 Å². The van der Waals surface area contributed by atoms with Crippen LogP contribution < -0.4 is 14.4 Å². The highest BCUT2D eigenvalue weighted by Gasteiger charge is 2.22. The van der Waals surface area contributed by atoms with Gasteiger partial charge in [0.2, 0.25) is 0 Å². The van der Waals surface area contributed by atoms with Gasteiger partial charge < -0.3 is 10.1 Å². The van der Waals surface area contributed by atoms with Crippen LogP contribution in [0.2, 0.25) is 0 Å². The molecular weight excluding hydrogens is 407 g/mol. The van der Waals surface area contributed by atoms with Crippen molar-refractivity contribution in [2.45, 2.75) is 11.4 Å². The molecule has 3 rings (SSSR count). The molecule has 0 radical (unpaired) electrons. The Kier molecular flexibility index (Phi) is 6.37. The molecule has 1 N–H and O–H groups in total. The molecule has 0 saturated heterocycles. The number of benzene rings is 3. The maximum absolute atomic E-state index is 13.1. The van der Waals surface area contributed by atoms with Crippen molar-refractivity contribution in [3.63, 3.8) is 0 Å². The fourth-order valence-corrected chi connectivity index (χ4v) is 4.05. The zero-order valence-corrected chi connectivity index (χ0v) is 17.3. The fourth-order valence-electron chi connectivity index (χ4n) is 2.81. The second-order valence-corrected chi connectivity index (χ2v) is 8.48. The number of hydrogen-bond donors (Lipinski definition) is 1. The first kappa shape index (κ1) is 21.3. The number of rotatable bonds is 7. The molecule has 0 saturated carbocycles. The first-order chi connectivity index (χ1) is 14.3. The van der Waals surface area contributed by atoms with E-state index in [1.807, 2.05) is 12.1 Å². The van der Waals surface area contributed by atoms with Gasteiger partial charge in [0.25, 0.3) is 15.9 Å². The minimum absolute atomic E-state index is 0.0386. The van der Waals surface area contributed by atoms with E-state index in [1.54, 1.807) is 19.2 Å². The number of anilines is 1. The van der Waals surface area contributed by atoms with E-state index < -0.39 is 21.7 Å². The number of amides is 1. The van der Waals surface area contributed by atoms with Gasteiger partial charge >= 0.3 is 0 Å². The molecule has 0 bridgehead atoms. The van der Waals surface area contributed by atoms with Crippen LogP contribution in [0.4, 0.5) is 10.1 Å². The minimum atomic E-state index is -3.92. The van der Waals surface area contributed by atoms with Crippen LogP contribution in [0.15, 0.2) is 77.7 Å². The molecule has 0 aromatic heterocycles. The molecule has 8 heteroatoms. The van der Waals surface area contributed by atoms with E-state index in [9.17, 15) is 17.6 Å². The quantitative estimate of drug-likeness (QED) is 0.624. The smallest absolute Gasteiger partial charge is 0.264 e. The van der Waals surface area contributed by atoms with Crippen LogP contribution in [0.1, 0.15) is 15.9 Å². The summed E-state index contributed by atoms with van der Waals surface area (Å²) in [5, 5.41) is 2.77. The molecule has 0 spiro atoms. The minimum Gasteiger partial charge on any atom is -0.497 e. The van der Waals surface area contributed by atoms with E-state index in [2.05, 4.69) is 5.32 Å². The van der Waals surface area contributed by atoms with E-state index >= 15 is 0 Å². The molecular formula is C22H21FN2O4S. The van der Waals surface area contributed by atoms with Crippen molar-refractivity contribution in [3.05, 3.63) is 89.7 Å². The van der Waals surface area contributed by atoms with Crippen LogP contribution in [0.3, 0.4) is 0 Å². The first-order valence-corrected chi connectivity index (χ1v) is 10.5. The fraction of sp³-hybridized carbons (Fsp3) is 0.136. The van der Waals surface area contributed by atoms with Crippen LogP contribution in [0, 0.1) is 5.82 Å². The average Bonchev–Trinajstić information content (AvgIpc) is 2.77.